The van der Waals surface area contributed by atoms with Crippen molar-refractivity contribution < 1.29 is 14.7 Å². The molecule has 0 radical (unpaired) electrons. The lowest BCUT2D eigenvalue weighted by atomic mass is 9.86. The van der Waals surface area contributed by atoms with Crippen molar-refractivity contribution in [2.75, 3.05) is 0 Å². The van der Waals surface area contributed by atoms with Crippen molar-refractivity contribution in [3.05, 3.63) is 35.9 Å². The Balaban J connectivity index is 2.74. The molecule has 1 amide bonds. The molecule has 110 valence electrons. The van der Waals surface area contributed by atoms with Gasteiger partial charge in [0.1, 0.15) is 6.04 Å². The van der Waals surface area contributed by atoms with E-state index < -0.39 is 29.4 Å². The van der Waals surface area contributed by atoms with E-state index in [-0.39, 0.29) is 6.42 Å². The highest BCUT2D eigenvalue weighted by atomic mass is 16.4. The summed E-state index contributed by atoms with van der Waals surface area (Å²) in [6.45, 7) is 5.51. The van der Waals surface area contributed by atoms with Crippen LogP contribution in [0, 0.1) is 5.41 Å². The molecule has 20 heavy (non-hydrogen) atoms. The highest BCUT2D eigenvalue weighted by Gasteiger charge is 2.30. The summed E-state index contributed by atoms with van der Waals surface area (Å²) in [6, 6.07) is 7.44. The number of carboxylic acids is 1. The van der Waals surface area contributed by atoms with Crippen molar-refractivity contribution in [2.45, 2.75) is 39.3 Å². The van der Waals surface area contributed by atoms with Gasteiger partial charge in [0, 0.05) is 6.42 Å². The number of rotatable bonds is 5. The van der Waals surface area contributed by atoms with Crippen LogP contribution >= 0.6 is 0 Å². The fourth-order valence-corrected chi connectivity index (χ4v) is 1.70. The average molecular weight is 278 g/mol. The minimum Gasteiger partial charge on any atom is -0.480 e. The molecule has 1 rings (SSSR count). The second kappa shape index (κ2) is 6.52. The third-order valence-corrected chi connectivity index (χ3v) is 3.11. The lowest BCUT2D eigenvalue weighted by Gasteiger charge is -2.27. The van der Waals surface area contributed by atoms with Crippen LogP contribution in [-0.2, 0) is 16.0 Å². The van der Waals surface area contributed by atoms with Gasteiger partial charge >= 0.3 is 5.97 Å². The van der Waals surface area contributed by atoms with Gasteiger partial charge in [0.05, 0.1) is 6.04 Å². The highest BCUT2D eigenvalue weighted by Crippen LogP contribution is 2.17. The van der Waals surface area contributed by atoms with Crippen LogP contribution in [0.3, 0.4) is 0 Å². The molecule has 5 nitrogen and oxygen atoms in total. The van der Waals surface area contributed by atoms with E-state index in [2.05, 4.69) is 5.32 Å². The second-order valence-electron chi connectivity index (χ2n) is 5.93. The summed E-state index contributed by atoms with van der Waals surface area (Å²) in [5, 5.41) is 11.7. The number of hydrogen-bond donors (Lipinski definition) is 3. The van der Waals surface area contributed by atoms with Crippen LogP contribution in [0.4, 0.5) is 0 Å². The van der Waals surface area contributed by atoms with Gasteiger partial charge in [-0.15, -0.1) is 0 Å². The largest absolute Gasteiger partial charge is 0.480 e. The van der Waals surface area contributed by atoms with Gasteiger partial charge in [-0.05, 0) is 11.0 Å². The normalized spacial score (nSPS) is 14.4. The van der Waals surface area contributed by atoms with Crippen molar-refractivity contribution in [1.29, 1.82) is 0 Å². The van der Waals surface area contributed by atoms with Gasteiger partial charge in [-0.3, -0.25) is 4.79 Å². The van der Waals surface area contributed by atoms with Gasteiger partial charge in [-0.1, -0.05) is 51.1 Å². The minimum absolute atomic E-state index is 0.235. The standard InChI is InChI=1S/C15H22N2O3/c1-15(2,3)12(16)13(18)17-11(14(19)20)9-10-7-5-4-6-8-10/h4-8,11-12H,9,16H2,1-3H3,(H,17,18)(H,19,20)/t11-,12+/m1/s1. The quantitative estimate of drug-likeness (QED) is 0.754. The molecule has 0 saturated heterocycles. The third-order valence-electron chi connectivity index (χ3n) is 3.11. The molecule has 0 aromatic heterocycles. The number of nitrogens with two attached hydrogens (primary N) is 1. The molecule has 0 aliphatic heterocycles. The Kier molecular flexibility index (Phi) is 5.27. The molecule has 0 fully saturated rings. The number of amides is 1. The van der Waals surface area contributed by atoms with Crippen molar-refractivity contribution in [3.63, 3.8) is 0 Å². The smallest absolute Gasteiger partial charge is 0.326 e. The van der Waals surface area contributed by atoms with Gasteiger partial charge in [0.2, 0.25) is 5.91 Å². The molecule has 0 spiro atoms. The summed E-state index contributed by atoms with van der Waals surface area (Å²) in [4.78, 5) is 23.3. The van der Waals surface area contributed by atoms with Gasteiger partial charge in [-0.2, -0.15) is 0 Å². The number of aliphatic carboxylic acids is 1. The Morgan fingerprint density at radius 1 is 1.25 bits per heavy atom. The summed E-state index contributed by atoms with van der Waals surface area (Å²) < 4.78 is 0. The van der Waals surface area contributed by atoms with Crippen LogP contribution in [0.5, 0.6) is 0 Å². The zero-order chi connectivity index (χ0) is 15.3. The Labute approximate surface area is 119 Å². The maximum absolute atomic E-state index is 12.0. The van der Waals surface area contributed by atoms with E-state index >= 15 is 0 Å². The molecular weight excluding hydrogens is 256 g/mol. The first-order chi connectivity index (χ1) is 9.21. The molecule has 5 heteroatoms. The van der Waals surface area contributed by atoms with E-state index in [1.54, 1.807) is 0 Å². The van der Waals surface area contributed by atoms with Crippen molar-refractivity contribution >= 4 is 11.9 Å². The molecule has 1 aromatic carbocycles. The molecule has 0 aliphatic carbocycles. The minimum atomic E-state index is -1.07. The molecular formula is C15H22N2O3. The molecule has 4 N–H and O–H groups in total. The van der Waals surface area contributed by atoms with Gasteiger partial charge < -0.3 is 16.2 Å². The van der Waals surface area contributed by atoms with Gasteiger partial charge in [-0.25, -0.2) is 4.79 Å². The number of benzene rings is 1. The molecule has 2 atom stereocenters. The molecule has 0 heterocycles. The topological polar surface area (TPSA) is 92.4 Å². The first kappa shape index (κ1) is 16.2. The summed E-state index contributed by atoms with van der Waals surface area (Å²) in [5.41, 5.74) is 6.27. The number of carboxylic acid groups (broad SMARTS) is 1. The number of nitrogens with one attached hydrogen (secondary N) is 1. The monoisotopic (exact) mass is 278 g/mol. The predicted molar refractivity (Wildman–Crippen MR) is 77.1 cm³/mol. The number of hydrogen-bond acceptors (Lipinski definition) is 3. The van der Waals surface area contributed by atoms with E-state index in [0.29, 0.717) is 0 Å². The van der Waals surface area contributed by atoms with E-state index in [4.69, 9.17) is 5.73 Å². The predicted octanol–water partition coefficient (Wildman–Crippen LogP) is 1.17. The Morgan fingerprint density at radius 3 is 2.25 bits per heavy atom. The Hall–Kier alpha value is -1.88. The van der Waals surface area contributed by atoms with Crippen LogP contribution in [0.25, 0.3) is 0 Å². The van der Waals surface area contributed by atoms with E-state index in [9.17, 15) is 14.7 Å². The lowest BCUT2D eigenvalue weighted by molar-refractivity contribution is -0.142. The summed E-state index contributed by atoms with van der Waals surface area (Å²) in [5.74, 6) is -1.51. The van der Waals surface area contributed by atoms with Crippen LogP contribution in [0.2, 0.25) is 0 Å². The van der Waals surface area contributed by atoms with Crippen molar-refractivity contribution in [3.8, 4) is 0 Å². The molecule has 0 saturated carbocycles. The molecule has 0 unspecified atom stereocenters. The fraction of sp³-hybridized carbons (Fsp3) is 0.467. The van der Waals surface area contributed by atoms with Crippen LogP contribution in [-0.4, -0.2) is 29.1 Å². The number of carbonyl (C=O) groups excluding carboxylic acids is 1. The molecule has 1 aromatic rings. The second-order valence-corrected chi connectivity index (χ2v) is 5.93. The SMILES string of the molecule is CC(C)(C)[C@@H](N)C(=O)N[C@H](Cc1ccccc1)C(=O)O. The van der Waals surface area contributed by atoms with Gasteiger partial charge in [0.25, 0.3) is 0 Å². The van der Waals surface area contributed by atoms with Crippen LogP contribution in [0.1, 0.15) is 26.3 Å². The Morgan fingerprint density at radius 2 is 1.80 bits per heavy atom. The highest BCUT2D eigenvalue weighted by molar-refractivity contribution is 5.87. The number of carbonyl (C=O) groups is 2. The van der Waals surface area contributed by atoms with E-state index in [1.165, 1.54) is 0 Å². The van der Waals surface area contributed by atoms with E-state index in [1.807, 2.05) is 51.1 Å². The molecule has 0 bridgehead atoms. The zero-order valence-electron chi connectivity index (χ0n) is 12.1. The summed E-state index contributed by atoms with van der Waals surface area (Å²) in [7, 11) is 0. The van der Waals surface area contributed by atoms with Crippen molar-refractivity contribution in [1.82, 2.24) is 5.32 Å². The van der Waals surface area contributed by atoms with Crippen LogP contribution in [0.15, 0.2) is 30.3 Å². The lowest BCUT2D eigenvalue weighted by Crippen LogP contribution is -2.53. The Bertz CT molecular complexity index is 466. The summed E-state index contributed by atoms with van der Waals surface area (Å²) in [6.07, 6.45) is 0.235. The first-order valence-corrected chi connectivity index (χ1v) is 6.54. The maximum Gasteiger partial charge on any atom is 0.326 e. The maximum atomic E-state index is 12.0. The van der Waals surface area contributed by atoms with Gasteiger partial charge in [0.15, 0.2) is 0 Å². The third kappa shape index (κ3) is 4.66. The van der Waals surface area contributed by atoms with Crippen LogP contribution < -0.4 is 11.1 Å². The van der Waals surface area contributed by atoms with Crippen molar-refractivity contribution in [2.24, 2.45) is 11.1 Å². The van der Waals surface area contributed by atoms with E-state index in [0.717, 1.165) is 5.56 Å². The molecule has 0 aliphatic rings. The zero-order valence-corrected chi connectivity index (χ0v) is 12.1. The average Bonchev–Trinajstić information content (AvgIpc) is 2.37. The fourth-order valence-electron chi connectivity index (χ4n) is 1.70. The first-order valence-electron chi connectivity index (χ1n) is 6.54. The summed E-state index contributed by atoms with van der Waals surface area (Å²) >= 11 is 0.